The number of aromatic amines is 2. The van der Waals surface area contributed by atoms with Crippen LogP contribution in [0.25, 0.3) is 43.7 Å². The van der Waals surface area contributed by atoms with Crippen molar-refractivity contribution in [3.8, 4) is 0 Å². The normalized spacial score (nSPS) is 12.0. The van der Waals surface area contributed by atoms with Crippen LogP contribution < -0.4 is 0 Å². The molecule has 0 saturated carbocycles. The van der Waals surface area contributed by atoms with Gasteiger partial charge in [0.05, 0.1) is 27.8 Å². The molecule has 0 aliphatic carbocycles. The Morgan fingerprint density at radius 2 is 1.67 bits per heavy atom. The van der Waals surface area contributed by atoms with E-state index in [2.05, 4.69) is 33.2 Å². The number of hydrogen-bond acceptors (Lipinski definition) is 1. The Labute approximate surface area is 124 Å². The number of benzene rings is 2. The molecular formula is C17H10ClN3. The van der Waals surface area contributed by atoms with Gasteiger partial charge in [0.15, 0.2) is 0 Å². The second kappa shape index (κ2) is 3.77. The van der Waals surface area contributed by atoms with Gasteiger partial charge in [-0.2, -0.15) is 0 Å². The lowest BCUT2D eigenvalue weighted by molar-refractivity contribution is 1.42. The molecule has 0 spiro atoms. The topological polar surface area (TPSA) is 44.5 Å². The van der Waals surface area contributed by atoms with Gasteiger partial charge in [0.1, 0.15) is 0 Å². The smallest absolute Gasteiger partial charge is 0.0980 e. The van der Waals surface area contributed by atoms with Crippen molar-refractivity contribution in [3.05, 3.63) is 53.7 Å². The van der Waals surface area contributed by atoms with Gasteiger partial charge in [-0.15, -0.1) is 0 Å². The number of nitrogens with zero attached hydrogens (tertiary/aromatic N) is 1. The number of pyridine rings is 1. The third-order valence-corrected chi connectivity index (χ3v) is 4.37. The Bertz CT molecular complexity index is 1150. The van der Waals surface area contributed by atoms with Crippen LogP contribution in [0.15, 0.2) is 48.7 Å². The second-order valence-electron chi connectivity index (χ2n) is 5.23. The number of aromatic nitrogens is 3. The molecule has 3 heterocycles. The third kappa shape index (κ3) is 1.36. The van der Waals surface area contributed by atoms with Crippen molar-refractivity contribution in [3.63, 3.8) is 0 Å². The summed E-state index contributed by atoms with van der Waals surface area (Å²) in [6.07, 6.45) is 1.88. The molecule has 21 heavy (non-hydrogen) atoms. The number of hydrogen-bond donors (Lipinski definition) is 2. The van der Waals surface area contributed by atoms with Crippen molar-refractivity contribution in [1.82, 2.24) is 15.0 Å². The average molecular weight is 292 g/mol. The van der Waals surface area contributed by atoms with Crippen LogP contribution in [0.2, 0.25) is 5.02 Å². The fourth-order valence-electron chi connectivity index (χ4n) is 3.16. The van der Waals surface area contributed by atoms with Crippen LogP contribution in [-0.4, -0.2) is 15.0 Å². The molecule has 0 amide bonds. The molecular weight excluding hydrogens is 282 g/mol. The summed E-state index contributed by atoms with van der Waals surface area (Å²) in [7, 11) is 0. The zero-order chi connectivity index (χ0) is 14.0. The maximum Gasteiger partial charge on any atom is 0.0980 e. The summed E-state index contributed by atoms with van der Waals surface area (Å²) >= 11 is 6.35. The zero-order valence-corrected chi connectivity index (χ0v) is 11.7. The Hall–Kier alpha value is -2.52. The fourth-order valence-corrected chi connectivity index (χ4v) is 3.42. The van der Waals surface area contributed by atoms with Gasteiger partial charge in [-0.05, 0) is 18.2 Å². The van der Waals surface area contributed by atoms with Gasteiger partial charge in [0.2, 0.25) is 0 Å². The minimum Gasteiger partial charge on any atom is -0.353 e. The van der Waals surface area contributed by atoms with E-state index in [0.29, 0.717) is 0 Å². The first-order valence-corrected chi connectivity index (χ1v) is 7.16. The lowest BCUT2D eigenvalue weighted by atomic mass is 10.1. The van der Waals surface area contributed by atoms with Crippen LogP contribution >= 0.6 is 11.6 Å². The van der Waals surface area contributed by atoms with E-state index in [1.54, 1.807) is 0 Å². The molecule has 4 heteroatoms. The van der Waals surface area contributed by atoms with Crippen LogP contribution in [0.5, 0.6) is 0 Å². The van der Waals surface area contributed by atoms with Crippen LogP contribution in [0.4, 0.5) is 0 Å². The largest absolute Gasteiger partial charge is 0.353 e. The van der Waals surface area contributed by atoms with Crippen LogP contribution in [0.3, 0.4) is 0 Å². The first kappa shape index (κ1) is 11.2. The second-order valence-corrected chi connectivity index (χ2v) is 5.64. The number of rotatable bonds is 0. The van der Waals surface area contributed by atoms with E-state index in [4.69, 9.17) is 11.6 Å². The summed E-state index contributed by atoms with van der Waals surface area (Å²) in [5.74, 6) is 0. The van der Waals surface area contributed by atoms with E-state index in [1.165, 1.54) is 10.8 Å². The Morgan fingerprint density at radius 1 is 0.810 bits per heavy atom. The van der Waals surface area contributed by atoms with Gasteiger partial charge in [-0.1, -0.05) is 35.9 Å². The molecule has 100 valence electrons. The molecule has 3 aromatic heterocycles. The third-order valence-electron chi connectivity index (χ3n) is 4.05. The summed E-state index contributed by atoms with van der Waals surface area (Å²) in [6, 6.07) is 14.2. The zero-order valence-electron chi connectivity index (χ0n) is 10.9. The van der Waals surface area contributed by atoms with E-state index < -0.39 is 0 Å². The van der Waals surface area contributed by atoms with Crippen molar-refractivity contribution in [2.75, 3.05) is 0 Å². The standard InChI is InChI=1S/C17H10ClN3/c18-10-5-3-7-12-15(10)16-17(21-12)14-9-4-1-2-6-11(9)20-13(14)8-19-16/h1-8,20-21H. The monoisotopic (exact) mass is 291 g/mol. The Kier molecular flexibility index (Phi) is 2.01. The molecule has 0 aliphatic heterocycles. The number of nitrogens with one attached hydrogen (secondary N) is 2. The van der Waals surface area contributed by atoms with Gasteiger partial charge in [-0.25, -0.2) is 0 Å². The van der Waals surface area contributed by atoms with Crippen LogP contribution in [0.1, 0.15) is 0 Å². The van der Waals surface area contributed by atoms with Crippen molar-refractivity contribution in [1.29, 1.82) is 0 Å². The van der Waals surface area contributed by atoms with Crippen molar-refractivity contribution in [2.45, 2.75) is 0 Å². The maximum absolute atomic E-state index is 6.35. The summed E-state index contributed by atoms with van der Waals surface area (Å²) in [6.45, 7) is 0. The highest BCUT2D eigenvalue weighted by Crippen LogP contribution is 2.36. The molecule has 5 aromatic rings. The highest BCUT2D eigenvalue weighted by atomic mass is 35.5. The van der Waals surface area contributed by atoms with Crippen LogP contribution in [0, 0.1) is 0 Å². The molecule has 0 aliphatic rings. The van der Waals surface area contributed by atoms with E-state index in [1.807, 2.05) is 30.5 Å². The quantitative estimate of drug-likeness (QED) is 0.414. The summed E-state index contributed by atoms with van der Waals surface area (Å²) in [5.41, 5.74) is 5.13. The molecule has 2 aromatic carbocycles. The summed E-state index contributed by atoms with van der Waals surface area (Å²) < 4.78 is 0. The minimum atomic E-state index is 0.727. The lowest BCUT2D eigenvalue weighted by Gasteiger charge is -1.95. The van der Waals surface area contributed by atoms with Gasteiger partial charge in [0, 0.05) is 27.2 Å². The molecule has 0 radical (unpaired) electrons. The molecule has 2 N–H and O–H groups in total. The van der Waals surface area contributed by atoms with Crippen molar-refractivity contribution < 1.29 is 0 Å². The van der Waals surface area contributed by atoms with Gasteiger partial charge < -0.3 is 9.97 Å². The Morgan fingerprint density at radius 3 is 2.62 bits per heavy atom. The van der Waals surface area contributed by atoms with E-state index in [0.717, 1.165) is 38.0 Å². The van der Waals surface area contributed by atoms with E-state index in [9.17, 15) is 0 Å². The lowest BCUT2D eigenvalue weighted by Crippen LogP contribution is -1.77. The van der Waals surface area contributed by atoms with E-state index >= 15 is 0 Å². The first-order valence-electron chi connectivity index (χ1n) is 6.78. The highest BCUT2D eigenvalue weighted by Gasteiger charge is 2.14. The van der Waals surface area contributed by atoms with Gasteiger partial charge in [0.25, 0.3) is 0 Å². The number of H-pyrrole nitrogens is 2. The maximum atomic E-state index is 6.35. The molecule has 0 unspecified atom stereocenters. The first-order chi connectivity index (χ1) is 10.3. The predicted molar refractivity (Wildman–Crippen MR) is 88.0 cm³/mol. The molecule has 0 bridgehead atoms. The molecule has 0 saturated heterocycles. The molecule has 0 atom stereocenters. The number of fused-ring (bicyclic) bond motifs is 7. The van der Waals surface area contributed by atoms with Crippen molar-refractivity contribution >= 4 is 55.3 Å². The Balaban J connectivity index is 2.14. The molecule has 3 nitrogen and oxygen atoms in total. The average Bonchev–Trinajstić information content (AvgIpc) is 3.05. The minimum absolute atomic E-state index is 0.727. The SMILES string of the molecule is Clc1cccc2[nH]c3c(ncc4[nH]c5ccccc5c43)c12. The van der Waals surface area contributed by atoms with Crippen molar-refractivity contribution in [2.24, 2.45) is 0 Å². The molecule has 0 fully saturated rings. The number of halogens is 1. The predicted octanol–water partition coefficient (Wildman–Crippen LogP) is 5.00. The highest BCUT2D eigenvalue weighted by molar-refractivity contribution is 6.38. The summed E-state index contributed by atoms with van der Waals surface area (Å²) in [5, 5.41) is 4.08. The van der Waals surface area contributed by atoms with Crippen LogP contribution in [-0.2, 0) is 0 Å². The van der Waals surface area contributed by atoms with Gasteiger partial charge >= 0.3 is 0 Å². The fraction of sp³-hybridized carbons (Fsp3) is 0. The van der Waals surface area contributed by atoms with E-state index in [-0.39, 0.29) is 0 Å². The number of para-hydroxylation sites is 1. The summed E-state index contributed by atoms with van der Waals surface area (Å²) in [4.78, 5) is 11.5. The van der Waals surface area contributed by atoms with Gasteiger partial charge in [-0.3, -0.25) is 4.98 Å². The molecule has 5 rings (SSSR count).